The summed E-state index contributed by atoms with van der Waals surface area (Å²) in [5.74, 6) is 1.22. The zero-order valence-electron chi connectivity index (χ0n) is 18.2. The quantitative estimate of drug-likeness (QED) is 0.543. The Balaban J connectivity index is 1.36. The second-order valence-electron chi connectivity index (χ2n) is 8.58. The van der Waals surface area contributed by atoms with Gasteiger partial charge in [-0.15, -0.1) is 10.2 Å². The third-order valence-electron chi connectivity index (χ3n) is 5.67. The van der Waals surface area contributed by atoms with Crippen molar-refractivity contribution in [3.05, 3.63) is 65.2 Å². The number of hydrogen-bond acceptors (Lipinski definition) is 5. The molecule has 7 heteroatoms. The van der Waals surface area contributed by atoms with Gasteiger partial charge in [-0.1, -0.05) is 62.4 Å². The predicted octanol–water partition coefficient (Wildman–Crippen LogP) is 4.16. The molecule has 1 aliphatic rings. The molecule has 2 atom stereocenters. The number of carbonyl (C=O) groups is 1. The van der Waals surface area contributed by atoms with Crippen LogP contribution in [0.4, 0.5) is 0 Å². The summed E-state index contributed by atoms with van der Waals surface area (Å²) in [5, 5.41) is 17.1. The number of benzene rings is 2. The van der Waals surface area contributed by atoms with Crippen LogP contribution in [0.2, 0.25) is 0 Å². The van der Waals surface area contributed by atoms with E-state index in [1.165, 1.54) is 18.4 Å². The fourth-order valence-electron chi connectivity index (χ4n) is 3.69. The molecule has 1 heterocycles. The lowest BCUT2D eigenvalue weighted by Crippen LogP contribution is -2.40. The maximum absolute atomic E-state index is 13.0. The number of ether oxygens (including phenoxy) is 1. The maximum Gasteiger partial charge on any atom is 0.249 e. The first-order chi connectivity index (χ1) is 15.0. The number of nitrogens with one attached hydrogen (secondary N) is 2. The lowest BCUT2D eigenvalue weighted by atomic mass is 10.0. The van der Waals surface area contributed by atoms with Crippen LogP contribution in [0.25, 0.3) is 11.4 Å². The van der Waals surface area contributed by atoms with Crippen molar-refractivity contribution in [3.8, 4) is 11.4 Å². The van der Waals surface area contributed by atoms with E-state index in [1.54, 1.807) is 0 Å². The number of amides is 1. The fourth-order valence-corrected chi connectivity index (χ4v) is 3.69. The summed E-state index contributed by atoms with van der Waals surface area (Å²) >= 11 is 0. The van der Waals surface area contributed by atoms with Crippen LogP contribution >= 0.6 is 0 Å². The lowest BCUT2D eigenvalue weighted by molar-refractivity contribution is -0.137. The molecule has 4 rings (SSSR count). The molecule has 1 saturated carbocycles. The molecule has 1 fully saturated rings. The first kappa shape index (κ1) is 21.2. The minimum absolute atomic E-state index is 0.0689. The smallest absolute Gasteiger partial charge is 0.249 e. The fraction of sp³-hybridized carbons (Fsp3) is 0.417. The minimum Gasteiger partial charge on any atom is -0.363 e. The Hall–Kier alpha value is -3.06. The monoisotopic (exact) mass is 419 g/mol. The highest BCUT2D eigenvalue weighted by molar-refractivity contribution is 5.81. The van der Waals surface area contributed by atoms with E-state index >= 15 is 0 Å². The Bertz CT molecular complexity index is 997. The van der Waals surface area contributed by atoms with Crippen LogP contribution in [0.1, 0.15) is 62.3 Å². The standard InChI is InChI=1S/C24H29N5O2/c1-15(2)22(31-14-17-5-4-6-21(13-17)19-9-10-19)24(30)25-16(3)18-7-11-20(12-8-18)23-26-28-29-27-23/h4-8,11-13,15-16,19,22H,9-10,14H2,1-3H3,(H,25,30)(H,26,27,28,29). The Morgan fingerprint density at radius 3 is 2.58 bits per heavy atom. The van der Waals surface area contributed by atoms with Gasteiger partial charge in [-0.2, -0.15) is 5.21 Å². The van der Waals surface area contributed by atoms with E-state index in [0.717, 1.165) is 16.7 Å². The maximum atomic E-state index is 13.0. The highest BCUT2D eigenvalue weighted by Gasteiger charge is 2.26. The van der Waals surface area contributed by atoms with Crippen LogP contribution in [0.5, 0.6) is 0 Å². The number of aromatic nitrogens is 4. The van der Waals surface area contributed by atoms with Gasteiger partial charge in [-0.25, -0.2) is 0 Å². The summed E-state index contributed by atoms with van der Waals surface area (Å²) in [5.41, 5.74) is 4.37. The van der Waals surface area contributed by atoms with Gasteiger partial charge < -0.3 is 10.1 Å². The number of carbonyl (C=O) groups excluding carboxylic acids is 1. The number of tetrazole rings is 1. The van der Waals surface area contributed by atoms with Gasteiger partial charge in [0.15, 0.2) is 0 Å². The third kappa shape index (κ3) is 5.35. The zero-order valence-corrected chi connectivity index (χ0v) is 18.2. The number of nitrogens with zero attached hydrogens (tertiary/aromatic N) is 3. The number of rotatable bonds is 9. The van der Waals surface area contributed by atoms with Crippen molar-refractivity contribution >= 4 is 5.91 Å². The van der Waals surface area contributed by atoms with E-state index in [0.29, 0.717) is 18.3 Å². The molecule has 0 spiro atoms. The van der Waals surface area contributed by atoms with Gasteiger partial charge in [0.2, 0.25) is 11.7 Å². The molecule has 2 aromatic carbocycles. The van der Waals surface area contributed by atoms with Gasteiger partial charge in [-0.3, -0.25) is 4.79 Å². The van der Waals surface area contributed by atoms with E-state index in [4.69, 9.17) is 4.74 Å². The largest absolute Gasteiger partial charge is 0.363 e. The van der Waals surface area contributed by atoms with Crippen molar-refractivity contribution in [1.82, 2.24) is 25.9 Å². The van der Waals surface area contributed by atoms with Crippen molar-refractivity contribution in [2.45, 2.75) is 58.3 Å². The van der Waals surface area contributed by atoms with E-state index in [-0.39, 0.29) is 17.9 Å². The first-order valence-electron chi connectivity index (χ1n) is 10.9. The Morgan fingerprint density at radius 2 is 1.94 bits per heavy atom. The van der Waals surface area contributed by atoms with Crippen LogP contribution in [0.15, 0.2) is 48.5 Å². The molecule has 0 bridgehead atoms. The van der Waals surface area contributed by atoms with Gasteiger partial charge in [0, 0.05) is 5.56 Å². The van der Waals surface area contributed by atoms with Crippen molar-refractivity contribution in [2.75, 3.05) is 0 Å². The van der Waals surface area contributed by atoms with Crippen molar-refractivity contribution in [2.24, 2.45) is 5.92 Å². The van der Waals surface area contributed by atoms with Crippen LogP contribution in [-0.4, -0.2) is 32.6 Å². The van der Waals surface area contributed by atoms with Crippen LogP contribution in [0.3, 0.4) is 0 Å². The molecule has 1 aliphatic carbocycles. The molecule has 2 N–H and O–H groups in total. The molecule has 1 amide bonds. The van der Waals surface area contributed by atoms with E-state index < -0.39 is 6.10 Å². The molecule has 3 aromatic rings. The van der Waals surface area contributed by atoms with Gasteiger partial charge in [0.1, 0.15) is 6.10 Å². The van der Waals surface area contributed by atoms with Crippen molar-refractivity contribution < 1.29 is 9.53 Å². The van der Waals surface area contributed by atoms with Gasteiger partial charge in [-0.05, 0) is 53.5 Å². The minimum atomic E-state index is -0.509. The van der Waals surface area contributed by atoms with Crippen LogP contribution in [0, 0.1) is 5.92 Å². The summed E-state index contributed by atoms with van der Waals surface area (Å²) in [6, 6.07) is 16.2. The number of hydrogen-bond donors (Lipinski definition) is 2. The SMILES string of the molecule is CC(NC(=O)C(OCc1cccc(C2CC2)c1)C(C)C)c1ccc(-c2nn[nH]n2)cc1. The first-order valence-corrected chi connectivity index (χ1v) is 10.9. The highest BCUT2D eigenvalue weighted by Crippen LogP contribution is 2.40. The summed E-state index contributed by atoms with van der Waals surface area (Å²) in [6.45, 7) is 6.42. The lowest BCUT2D eigenvalue weighted by Gasteiger charge is -2.24. The molecule has 0 radical (unpaired) electrons. The Labute approximate surface area is 182 Å². The molecule has 0 aliphatic heterocycles. The van der Waals surface area contributed by atoms with E-state index in [2.05, 4.69) is 50.2 Å². The van der Waals surface area contributed by atoms with Gasteiger partial charge >= 0.3 is 0 Å². The molecule has 7 nitrogen and oxygen atoms in total. The molecule has 162 valence electrons. The second kappa shape index (κ2) is 9.39. The molecular weight excluding hydrogens is 390 g/mol. The second-order valence-corrected chi connectivity index (χ2v) is 8.58. The number of aromatic amines is 1. The summed E-state index contributed by atoms with van der Waals surface area (Å²) in [4.78, 5) is 13.0. The third-order valence-corrected chi connectivity index (χ3v) is 5.67. The van der Waals surface area contributed by atoms with E-state index in [1.807, 2.05) is 45.0 Å². The average Bonchev–Trinajstić information content (AvgIpc) is 3.48. The summed E-state index contributed by atoms with van der Waals surface area (Å²) in [6.07, 6.45) is 2.04. The normalized spacial score (nSPS) is 15.6. The molecule has 1 aromatic heterocycles. The van der Waals surface area contributed by atoms with Gasteiger partial charge in [0.25, 0.3) is 0 Å². The summed E-state index contributed by atoms with van der Waals surface area (Å²) < 4.78 is 6.07. The Kier molecular flexibility index (Phi) is 6.42. The zero-order chi connectivity index (χ0) is 21.8. The van der Waals surface area contributed by atoms with Gasteiger partial charge in [0.05, 0.1) is 12.6 Å². The average molecular weight is 420 g/mol. The molecule has 0 saturated heterocycles. The highest BCUT2D eigenvalue weighted by atomic mass is 16.5. The van der Waals surface area contributed by atoms with E-state index in [9.17, 15) is 4.79 Å². The molecule has 31 heavy (non-hydrogen) atoms. The summed E-state index contributed by atoms with van der Waals surface area (Å²) in [7, 11) is 0. The van der Waals surface area contributed by atoms with Crippen molar-refractivity contribution in [3.63, 3.8) is 0 Å². The Morgan fingerprint density at radius 1 is 1.16 bits per heavy atom. The molecular formula is C24H29N5O2. The number of H-pyrrole nitrogens is 1. The van der Waals surface area contributed by atoms with Crippen molar-refractivity contribution in [1.29, 1.82) is 0 Å². The topological polar surface area (TPSA) is 92.8 Å². The van der Waals surface area contributed by atoms with Crippen LogP contribution < -0.4 is 5.32 Å². The predicted molar refractivity (Wildman–Crippen MR) is 118 cm³/mol. The molecule has 2 unspecified atom stereocenters. The van der Waals surface area contributed by atoms with Crippen LogP contribution in [-0.2, 0) is 16.1 Å².